The quantitative estimate of drug-likeness (QED) is 0.747. The van der Waals surface area contributed by atoms with Gasteiger partial charge in [0.05, 0.1) is 16.6 Å². The first-order valence-electron chi connectivity index (χ1n) is 5.61. The molecule has 3 aromatic rings. The molecule has 0 atom stereocenters. The van der Waals surface area contributed by atoms with Gasteiger partial charge in [-0.05, 0) is 17.7 Å². The Labute approximate surface area is 110 Å². The third kappa shape index (κ3) is 2.11. The van der Waals surface area contributed by atoms with Crippen molar-refractivity contribution in [3.63, 3.8) is 0 Å². The van der Waals surface area contributed by atoms with E-state index in [0.717, 1.165) is 16.5 Å². The van der Waals surface area contributed by atoms with Crippen molar-refractivity contribution in [1.82, 2.24) is 10.2 Å². The summed E-state index contributed by atoms with van der Waals surface area (Å²) < 4.78 is 23.2. The minimum Gasteiger partial charge on any atom is -0.278 e. The lowest BCUT2D eigenvalue weighted by atomic mass is 10.0. The standard InChI is InChI=1S/C13H11N3O2S/c14-19(17,18)13-4-2-1-3-11(13)9-5-6-10-8-15-16-12(10)7-9/h1-8H,(H,15,16)(H2,14,17,18). The third-order valence-corrected chi connectivity index (χ3v) is 3.92. The van der Waals surface area contributed by atoms with Gasteiger partial charge >= 0.3 is 0 Å². The van der Waals surface area contributed by atoms with Gasteiger partial charge in [0.15, 0.2) is 0 Å². The Hall–Kier alpha value is -2.18. The Bertz CT molecular complexity index is 853. The normalized spacial score (nSPS) is 11.8. The van der Waals surface area contributed by atoms with Gasteiger partial charge in [-0.2, -0.15) is 5.10 Å². The number of nitrogens with two attached hydrogens (primary N) is 1. The summed E-state index contributed by atoms with van der Waals surface area (Å²) in [7, 11) is -3.75. The van der Waals surface area contributed by atoms with Gasteiger partial charge in [-0.1, -0.05) is 30.3 Å². The highest BCUT2D eigenvalue weighted by Crippen LogP contribution is 2.28. The number of rotatable bonds is 2. The van der Waals surface area contributed by atoms with Gasteiger partial charge in [0, 0.05) is 10.9 Å². The first-order valence-corrected chi connectivity index (χ1v) is 7.16. The van der Waals surface area contributed by atoms with E-state index >= 15 is 0 Å². The fourth-order valence-electron chi connectivity index (χ4n) is 2.06. The van der Waals surface area contributed by atoms with Crippen molar-refractivity contribution < 1.29 is 8.42 Å². The van der Waals surface area contributed by atoms with Crippen molar-refractivity contribution in [2.24, 2.45) is 5.14 Å². The smallest absolute Gasteiger partial charge is 0.238 e. The summed E-state index contributed by atoms with van der Waals surface area (Å²) in [5, 5.41) is 13.0. The molecule has 0 spiro atoms. The van der Waals surface area contributed by atoms with Crippen LogP contribution in [0, 0.1) is 0 Å². The van der Waals surface area contributed by atoms with Crippen LogP contribution in [0.4, 0.5) is 0 Å². The second-order valence-electron chi connectivity index (χ2n) is 4.21. The lowest BCUT2D eigenvalue weighted by molar-refractivity contribution is 0.598. The van der Waals surface area contributed by atoms with Crippen molar-refractivity contribution in [2.45, 2.75) is 4.90 Å². The molecule has 0 aliphatic heterocycles. The number of aromatic amines is 1. The zero-order chi connectivity index (χ0) is 13.5. The van der Waals surface area contributed by atoms with E-state index in [-0.39, 0.29) is 4.90 Å². The number of fused-ring (bicyclic) bond motifs is 1. The summed E-state index contributed by atoms with van der Waals surface area (Å²) in [6, 6.07) is 12.3. The summed E-state index contributed by atoms with van der Waals surface area (Å²) in [6.45, 7) is 0. The lowest BCUT2D eigenvalue weighted by Gasteiger charge is -2.07. The van der Waals surface area contributed by atoms with Gasteiger partial charge in [0.1, 0.15) is 0 Å². The number of sulfonamides is 1. The van der Waals surface area contributed by atoms with Crippen LogP contribution in [-0.2, 0) is 10.0 Å². The molecule has 0 saturated heterocycles. The Balaban J connectivity index is 2.27. The number of nitrogens with one attached hydrogen (secondary N) is 1. The number of nitrogens with zero attached hydrogens (tertiary/aromatic N) is 1. The Kier molecular flexibility index (Phi) is 2.62. The molecule has 19 heavy (non-hydrogen) atoms. The third-order valence-electron chi connectivity index (χ3n) is 2.95. The molecule has 0 unspecified atom stereocenters. The number of aromatic nitrogens is 2. The summed E-state index contributed by atoms with van der Waals surface area (Å²) in [4.78, 5) is 0.119. The van der Waals surface area contributed by atoms with Gasteiger partial charge in [0.2, 0.25) is 10.0 Å². The molecule has 0 fully saturated rings. The average molecular weight is 273 g/mol. The maximum Gasteiger partial charge on any atom is 0.238 e. The van der Waals surface area contributed by atoms with Crippen LogP contribution in [0.25, 0.3) is 22.0 Å². The molecule has 5 nitrogen and oxygen atoms in total. The van der Waals surface area contributed by atoms with Crippen molar-refractivity contribution in [3.8, 4) is 11.1 Å². The number of hydrogen-bond acceptors (Lipinski definition) is 3. The minimum atomic E-state index is -3.75. The van der Waals surface area contributed by atoms with E-state index in [4.69, 9.17) is 5.14 Å². The largest absolute Gasteiger partial charge is 0.278 e. The molecule has 6 heteroatoms. The molecule has 0 saturated carbocycles. The maximum atomic E-state index is 11.6. The topological polar surface area (TPSA) is 88.8 Å². The second-order valence-corrected chi connectivity index (χ2v) is 5.74. The molecule has 0 amide bonds. The lowest BCUT2D eigenvalue weighted by Crippen LogP contribution is -2.13. The Morgan fingerprint density at radius 1 is 1.11 bits per heavy atom. The van der Waals surface area contributed by atoms with Crippen LogP contribution in [0.1, 0.15) is 0 Å². The zero-order valence-electron chi connectivity index (χ0n) is 9.87. The van der Waals surface area contributed by atoms with E-state index in [1.54, 1.807) is 24.4 Å². The van der Waals surface area contributed by atoms with E-state index in [9.17, 15) is 8.42 Å². The van der Waals surface area contributed by atoms with Crippen LogP contribution in [0.15, 0.2) is 53.6 Å². The molecule has 96 valence electrons. The van der Waals surface area contributed by atoms with Gasteiger partial charge in [-0.15, -0.1) is 0 Å². The minimum absolute atomic E-state index is 0.119. The summed E-state index contributed by atoms with van der Waals surface area (Å²) in [5.74, 6) is 0. The summed E-state index contributed by atoms with van der Waals surface area (Å²) >= 11 is 0. The van der Waals surface area contributed by atoms with Crippen LogP contribution in [0.2, 0.25) is 0 Å². The molecule has 3 N–H and O–H groups in total. The van der Waals surface area contributed by atoms with Crippen LogP contribution in [0.3, 0.4) is 0 Å². The Morgan fingerprint density at radius 2 is 1.89 bits per heavy atom. The molecule has 1 heterocycles. The highest BCUT2D eigenvalue weighted by Gasteiger charge is 2.14. The molecular formula is C13H11N3O2S. The summed E-state index contributed by atoms with van der Waals surface area (Å²) in [5.41, 5.74) is 2.21. The molecule has 0 aliphatic carbocycles. The Morgan fingerprint density at radius 3 is 2.68 bits per heavy atom. The molecule has 1 aromatic heterocycles. The van der Waals surface area contributed by atoms with Crippen LogP contribution < -0.4 is 5.14 Å². The van der Waals surface area contributed by atoms with E-state index in [0.29, 0.717) is 5.56 Å². The van der Waals surface area contributed by atoms with Crippen molar-refractivity contribution in [3.05, 3.63) is 48.7 Å². The SMILES string of the molecule is NS(=O)(=O)c1ccccc1-c1ccc2cn[nH]c2c1. The van der Waals surface area contributed by atoms with Crippen molar-refractivity contribution in [1.29, 1.82) is 0 Å². The fraction of sp³-hybridized carbons (Fsp3) is 0. The van der Waals surface area contributed by atoms with Crippen LogP contribution >= 0.6 is 0 Å². The predicted octanol–water partition coefficient (Wildman–Crippen LogP) is 1.88. The molecule has 3 rings (SSSR count). The van der Waals surface area contributed by atoms with Gasteiger partial charge in [-0.25, -0.2) is 13.6 Å². The predicted molar refractivity (Wildman–Crippen MR) is 72.9 cm³/mol. The van der Waals surface area contributed by atoms with E-state index < -0.39 is 10.0 Å². The first-order chi connectivity index (χ1) is 9.05. The molecule has 0 aliphatic rings. The van der Waals surface area contributed by atoms with Crippen LogP contribution in [-0.4, -0.2) is 18.6 Å². The highest BCUT2D eigenvalue weighted by atomic mass is 32.2. The fourth-order valence-corrected chi connectivity index (χ4v) is 2.82. The number of benzene rings is 2. The van der Waals surface area contributed by atoms with Gasteiger partial charge < -0.3 is 0 Å². The van der Waals surface area contributed by atoms with Crippen molar-refractivity contribution >= 4 is 20.9 Å². The van der Waals surface area contributed by atoms with E-state index in [1.165, 1.54) is 6.07 Å². The molecule has 0 bridgehead atoms. The van der Waals surface area contributed by atoms with E-state index in [1.807, 2.05) is 18.2 Å². The average Bonchev–Trinajstić information content (AvgIpc) is 2.85. The molecule has 2 aromatic carbocycles. The monoisotopic (exact) mass is 273 g/mol. The highest BCUT2D eigenvalue weighted by molar-refractivity contribution is 7.89. The van der Waals surface area contributed by atoms with Gasteiger partial charge in [0.25, 0.3) is 0 Å². The van der Waals surface area contributed by atoms with Crippen molar-refractivity contribution in [2.75, 3.05) is 0 Å². The number of primary sulfonamides is 1. The first kappa shape index (κ1) is 11.9. The molecular weight excluding hydrogens is 262 g/mol. The zero-order valence-corrected chi connectivity index (χ0v) is 10.7. The second kappa shape index (κ2) is 4.18. The maximum absolute atomic E-state index is 11.6. The number of hydrogen-bond donors (Lipinski definition) is 2. The number of H-pyrrole nitrogens is 1. The van der Waals surface area contributed by atoms with Crippen LogP contribution in [0.5, 0.6) is 0 Å². The summed E-state index contributed by atoms with van der Waals surface area (Å²) in [6.07, 6.45) is 1.71. The molecule has 0 radical (unpaired) electrons. The van der Waals surface area contributed by atoms with Gasteiger partial charge in [-0.3, -0.25) is 5.10 Å². The van der Waals surface area contributed by atoms with E-state index in [2.05, 4.69) is 10.2 Å².